The summed E-state index contributed by atoms with van der Waals surface area (Å²) in [4.78, 5) is 11.7. The molecule has 22 heavy (non-hydrogen) atoms. The SMILES string of the molecule is Cc1cccc(OCCNC(=O)CCc2ccc(F)cc2)c1. The van der Waals surface area contributed by atoms with Crippen LogP contribution in [-0.4, -0.2) is 19.1 Å². The Balaban J connectivity index is 1.62. The van der Waals surface area contributed by atoms with Gasteiger partial charge in [0.25, 0.3) is 0 Å². The lowest BCUT2D eigenvalue weighted by Crippen LogP contribution is -2.28. The summed E-state index contributed by atoms with van der Waals surface area (Å²) in [5.74, 6) is 0.513. The number of ether oxygens (including phenoxy) is 1. The highest BCUT2D eigenvalue weighted by Crippen LogP contribution is 2.11. The van der Waals surface area contributed by atoms with Crippen molar-refractivity contribution in [2.24, 2.45) is 0 Å². The van der Waals surface area contributed by atoms with E-state index in [1.807, 2.05) is 31.2 Å². The number of aryl methyl sites for hydroxylation is 2. The van der Waals surface area contributed by atoms with Gasteiger partial charge in [-0.2, -0.15) is 0 Å². The monoisotopic (exact) mass is 301 g/mol. The van der Waals surface area contributed by atoms with E-state index in [4.69, 9.17) is 4.74 Å². The lowest BCUT2D eigenvalue weighted by atomic mass is 10.1. The molecule has 3 nitrogen and oxygen atoms in total. The molecule has 0 heterocycles. The molecule has 0 radical (unpaired) electrons. The highest BCUT2D eigenvalue weighted by atomic mass is 19.1. The summed E-state index contributed by atoms with van der Waals surface area (Å²) in [7, 11) is 0. The maximum atomic E-state index is 12.8. The standard InChI is InChI=1S/C18H20FNO2/c1-14-3-2-4-17(13-14)22-12-11-20-18(21)10-7-15-5-8-16(19)9-6-15/h2-6,8-9,13H,7,10-12H2,1H3,(H,20,21). The van der Waals surface area contributed by atoms with Crippen LogP contribution in [0.2, 0.25) is 0 Å². The Kier molecular flexibility index (Phi) is 5.95. The zero-order valence-corrected chi connectivity index (χ0v) is 12.6. The van der Waals surface area contributed by atoms with Crippen LogP contribution in [0.4, 0.5) is 4.39 Å². The van der Waals surface area contributed by atoms with E-state index in [9.17, 15) is 9.18 Å². The molecule has 0 saturated heterocycles. The summed E-state index contributed by atoms with van der Waals surface area (Å²) in [5.41, 5.74) is 2.09. The average molecular weight is 301 g/mol. The molecule has 0 aromatic heterocycles. The molecule has 2 rings (SSSR count). The molecule has 0 atom stereocenters. The van der Waals surface area contributed by atoms with Crippen LogP contribution in [0, 0.1) is 12.7 Å². The van der Waals surface area contributed by atoms with Gasteiger partial charge in [-0.15, -0.1) is 0 Å². The van der Waals surface area contributed by atoms with Crippen LogP contribution >= 0.6 is 0 Å². The fraction of sp³-hybridized carbons (Fsp3) is 0.278. The molecule has 0 aliphatic rings. The summed E-state index contributed by atoms with van der Waals surface area (Å²) in [6.45, 7) is 2.91. The van der Waals surface area contributed by atoms with Gasteiger partial charge in [-0.05, 0) is 48.7 Å². The molecular weight excluding hydrogens is 281 g/mol. The van der Waals surface area contributed by atoms with Gasteiger partial charge in [0.05, 0.1) is 6.54 Å². The number of benzene rings is 2. The molecule has 116 valence electrons. The first-order valence-corrected chi connectivity index (χ1v) is 7.34. The van der Waals surface area contributed by atoms with Gasteiger partial charge >= 0.3 is 0 Å². The molecule has 4 heteroatoms. The van der Waals surface area contributed by atoms with Crippen LogP contribution < -0.4 is 10.1 Å². The van der Waals surface area contributed by atoms with Gasteiger partial charge in [0.1, 0.15) is 18.2 Å². The average Bonchev–Trinajstić information content (AvgIpc) is 2.51. The van der Waals surface area contributed by atoms with E-state index < -0.39 is 0 Å². The summed E-state index contributed by atoms with van der Waals surface area (Å²) >= 11 is 0. The largest absolute Gasteiger partial charge is 0.492 e. The van der Waals surface area contributed by atoms with Gasteiger partial charge in [-0.1, -0.05) is 24.3 Å². The fourth-order valence-corrected chi connectivity index (χ4v) is 2.06. The molecule has 2 aromatic rings. The van der Waals surface area contributed by atoms with Gasteiger partial charge in [0.15, 0.2) is 0 Å². The third-order valence-corrected chi connectivity index (χ3v) is 3.24. The number of rotatable bonds is 7. The highest BCUT2D eigenvalue weighted by molar-refractivity contribution is 5.76. The van der Waals surface area contributed by atoms with Gasteiger partial charge < -0.3 is 10.1 Å². The zero-order valence-electron chi connectivity index (χ0n) is 12.6. The normalized spacial score (nSPS) is 10.3. The summed E-state index contributed by atoms with van der Waals surface area (Å²) in [5, 5.41) is 2.81. The molecule has 0 aliphatic heterocycles. The third-order valence-electron chi connectivity index (χ3n) is 3.24. The van der Waals surface area contributed by atoms with Crippen molar-refractivity contribution in [3.63, 3.8) is 0 Å². The maximum absolute atomic E-state index is 12.8. The Morgan fingerprint density at radius 3 is 2.68 bits per heavy atom. The van der Waals surface area contributed by atoms with Crippen molar-refractivity contribution in [1.29, 1.82) is 0 Å². The first kappa shape index (κ1) is 16.0. The predicted octanol–water partition coefficient (Wildman–Crippen LogP) is 3.26. The Morgan fingerprint density at radius 1 is 1.18 bits per heavy atom. The Labute approximate surface area is 130 Å². The van der Waals surface area contributed by atoms with E-state index >= 15 is 0 Å². The lowest BCUT2D eigenvalue weighted by molar-refractivity contribution is -0.121. The zero-order chi connectivity index (χ0) is 15.8. The minimum atomic E-state index is -0.263. The Morgan fingerprint density at radius 2 is 1.95 bits per heavy atom. The van der Waals surface area contributed by atoms with Crippen LogP contribution in [-0.2, 0) is 11.2 Å². The molecule has 0 spiro atoms. The van der Waals surface area contributed by atoms with Crippen LogP contribution in [0.5, 0.6) is 5.75 Å². The minimum absolute atomic E-state index is 0.0304. The molecule has 1 amide bonds. The summed E-state index contributed by atoms with van der Waals surface area (Å²) < 4.78 is 18.3. The van der Waals surface area contributed by atoms with E-state index in [1.165, 1.54) is 12.1 Å². The van der Waals surface area contributed by atoms with Crippen molar-refractivity contribution < 1.29 is 13.9 Å². The van der Waals surface area contributed by atoms with Gasteiger partial charge in [-0.25, -0.2) is 4.39 Å². The van der Waals surface area contributed by atoms with Crippen molar-refractivity contribution in [3.05, 3.63) is 65.5 Å². The maximum Gasteiger partial charge on any atom is 0.220 e. The number of halogens is 1. The minimum Gasteiger partial charge on any atom is -0.492 e. The summed E-state index contributed by atoms with van der Waals surface area (Å²) in [6, 6.07) is 14.0. The lowest BCUT2D eigenvalue weighted by Gasteiger charge is -2.08. The Hall–Kier alpha value is -2.36. The van der Waals surface area contributed by atoms with Crippen molar-refractivity contribution in [2.45, 2.75) is 19.8 Å². The molecular formula is C18H20FNO2. The van der Waals surface area contributed by atoms with Gasteiger partial charge in [0, 0.05) is 6.42 Å². The van der Waals surface area contributed by atoms with Crippen molar-refractivity contribution in [2.75, 3.05) is 13.2 Å². The number of hydrogen-bond acceptors (Lipinski definition) is 2. The highest BCUT2D eigenvalue weighted by Gasteiger charge is 2.02. The van der Waals surface area contributed by atoms with E-state index in [1.54, 1.807) is 12.1 Å². The third kappa shape index (κ3) is 5.56. The molecule has 0 bridgehead atoms. The number of carbonyl (C=O) groups excluding carboxylic acids is 1. The topological polar surface area (TPSA) is 38.3 Å². The molecule has 1 N–H and O–H groups in total. The second-order valence-corrected chi connectivity index (χ2v) is 5.14. The van der Waals surface area contributed by atoms with E-state index in [2.05, 4.69) is 5.32 Å². The molecule has 2 aromatic carbocycles. The number of carbonyl (C=O) groups is 1. The van der Waals surface area contributed by atoms with E-state index in [0.717, 1.165) is 16.9 Å². The molecule has 0 unspecified atom stereocenters. The molecule has 0 aliphatic carbocycles. The second kappa shape index (κ2) is 8.17. The number of hydrogen-bond donors (Lipinski definition) is 1. The van der Waals surface area contributed by atoms with Crippen molar-refractivity contribution in [1.82, 2.24) is 5.32 Å². The first-order valence-electron chi connectivity index (χ1n) is 7.34. The van der Waals surface area contributed by atoms with E-state index in [0.29, 0.717) is 26.0 Å². The first-order chi connectivity index (χ1) is 10.6. The Bertz CT molecular complexity index is 611. The molecule has 0 saturated carbocycles. The smallest absolute Gasteiger partial charge is 0.220 e. The van der Waals surface area contributed by atoms with Crippen LogP contribution in [0.15, 0.2) is 48.5 Å². The van der Waals surface area contributed by atoms with Crippen LogP contribution in [0.3, 0.4) is 0 Å². The fourth-order valence-electron chi connectivity index (χ4n) is 2.06. The number of nitrogens with one attached hydrogen (secondary N) is 1. The van der Waals surface area contributed by atoms with Crippen LogP contribution in [0.1, 0.15) is 17.5 Å². The van der Waals surface area contributed by atoms with Crippen LogP contribution in [0.25, 0.3) is 0 Å². The van der Waals surface area contributed by atoms with Gasteiger partial charge in [-0.3, -0.25) is 4.79 Å². The van der Waals surface area contributed by atoms with Gasteiger partial charge in [0.2, 0.25) is 5.91 Å². The van der Waals surface area contributed by atoms with Crippen molar-refractivity contribution >= 4 is 5.91 Å². The summed E-state index contributed by atoms with van der Waals surface area (Å²) in [6.07, 6.45) is 0.987. The second-order valence-electron chi connectivity index (χ2n) is 5.14. The van der Waals surface area contributed by atoms with Crippen molar-refractivity contribution in [3.8, 4) is 5.75 Å². The predicted molar refractivity (Wildman–Crippen MR) is 84.4 cm³/mol. The number of amides is 1. The molecule has 0 fully saturated rings. The van der Waals surface area contributed by atoms with E-state index in [-0.39, 0.29) is 11.7 Å². The quantitative estimate of drug-likeness (QED) is 0.797.